The van der Waals surface area contributed by atoms with Gasteiger partial charge in [0, 0.05) is 13.6 Å². The Kier molecular flexibility index (Phi) is 3.02. The molecule has 0 bridgehead atoms. The van der Waals surface area contributed by atoms with E-state index in [-0.39, 0.29) is 12.0 Å². The highest BCUT2D eigenvalue weighted by Gasteiger charge is 2.22. The molecule has 1 unspecified atom stereocenters. The van der Waals surface area contributed by atoms with Crippen molar-refractivity contribution in [3.63, 3.8) is 0 Å². The van der Waals surface area contributed by atoms with Gasteiger partial charge in [0.1, 0.15) is 0 Å². The Balaban J connectivity index is 2.13. The maximum absolute atomic E-state index is 11.6. The third kappa shape index (κ3) is 2.36. The summed E-state index contributed by atoms with van der Waals surface area (Å²) in [4.78, 5) is 13.4. The van der Waals surface area contributed by atoms with Crippen LogP contribution in [-0.4, -0.2) is 31.0 Å². The monoisotopic (exact) mass is 205 g/mol. The predicted molar refractivity (Wildman–Crippen MR) is 57.4 cm³/mol. The van der Waals surface area contributed by atoms with Crippen molar-refractivity contribution in [1.29, 1.82) is 0 Å². The molecule has 15 heavy (non-hydrogen) atoms. The molecule has 1 atom stereocenters. The van der Waals surface area contributed by atoms with Crippen LogP contribution >= 0.6 is 0 Å². The molecule has 1 aliphatic rings. The van der Waals surface area contributed by atoms with Crippen molar-refractivity contribution in [1.82, 2.24) is 4.90 Å². The molecular formula is C12H15NO2. The van der Waals surface area contributed by atoms with E-state index >= 15 is 0 Å². The first-order chi connectivity index (χ1) is 7.27. The van der Waals surface area contributed by atoms with Crippen molar-refractivity contribution in [3.8, 4) is 0 Å². The highest BCUT2D eigenvalue weighted by atomic mass is 16.5. The smallest absolute Gasteiger partial charge is 0.225 e. The quantitative estimate of drug-likeness (QED) is 0.697. The molecule has 0 aromatic heterocycles. The molecule has 0 N–H and O–H groups in total. The maximum Gasteiger partial charge on any atom is 0.225 e. The van der Waals surface area contributed by atoms with Gasteiger partial charge >= 0.3 is 0 Å². The zero-order valence-electron chi connectivity index (χ0n) is 8.85. The Morgan fingerprint density at radius 3 is 2.80 bits per heavy atom. The van der Waals surface area contributed by atoms with Crippen LogP contribution in [0.4, 0.5) is 0 Å². The fourth-order valence-electron chi connectivity index (χ4n) is 1.71. The number of rotatable bonds is 1. The van der Waals surface area contributed by atoms with Crippen molar-refractivity contribution >= 4 is 5.91 Å². The molecule has 2 rings (SSSR count). The molecule has 1 amide bonds. The van der Waals surface area contributed by atoms with Crippen LogP contribution in [-0.2, 0) is 9.53 Å². The third-order valence-corrected chi connectivity index (χ3v) is 2.70. The van der Waals surface area contributed by atoms with Crippen LogP contribution in [0.15, 0.2) is 30.3 Å². The van der Waals surface area contributed by atoms with Gasteiger partial charge in [-0.3, -0.25) is 4.79 Å². The third-order valence-electron chi connectivity index (χ3n) is 2.70. The number of carbonyl (C=O) groups is 1. The van der Waals surface area contributed by atoms with E-state index < -0.39 is 0 Å². The molecule has 0 aliphatic carbocycles. The van der Waals surface area contributed by atoms with E-state index in [1.807, 2.05) is 37.4 Å². The molecule has 1 fully saturated rings. The normalized spacial score (nSPS) is 22.6. The minimum Gasteiger partial charge on any atom is -0.371 e. The number of amides is 1. The van der Waals surface area contributed by atoms with Gasteiger partial charge in [-0.05, 0) is 5.56 Å². The Morgan fingerprint density at radius 1 is 1.33 bits per heavy atom. The van der Waals surface area contributed by atoms with Gasteiger partial charge in [0.25, 0.3) is 0 Å². The molecule has 0 spiro atoms. The zero-order chi connectivity index (χ0) is 10.7. The molecule has 1 aromatic rings. The highest BCUT2D eigenvalue weighted by molar-refractivity contribution is 5.76. The number of benzene rings is 1. The summed E-state index contributed by atoms with van der Waals surface area (Å²) in [7, 11) is 1.82. The van der Waals surface area contributed by atoms with Gasteiger partial charge in [0.05, 0.1) is 19.1 Å². The Bertz CT molecular complexity index is 337. The standard InChI is InChI=1S/C12H15NO2/c1-13-7-8-15-11(9-12(13)14)10-5-3-2-4-6-10/h2-6,11H,7-9H2,1H3. The molecule has 1 saturated heterocycles. The van der Waals surface area contributed by atoms with Crippen LogP contribution < -0.4 is 0 Å². The van der Waals surface area contributed by atoms with Crippen molar-refractivity contribution in [2.24, 2.45) is 0 Å². The number of hydrogen-bond donors (Lipinski definition) is 0. The van der Waals surface area contributed by atoms with Crippen molar-refractivity contribution in [2.45, 2.75) is 12.5 Å². The van der Waals surface area contributed by atoms with Gasteiger partial charge < -0.3 is 9.64 Å². The fraction of sp³-hybridized carbons (Fsp3) is 0.417. The lowest BCUT2D eigenvalue weighted by Gasteiger charge is -2.14. The summed E-state index contributed by atoms with van der Waals surface area (Å²) in [6.07, 6.45) is 0.365. The minimum absolute atomic E-state index is 0.0800. The predicted octanol–water partition coefficient (Wildman–Crippen LogP) is 1.61. The molecule has 3 heteroatoms. The zero-order valence-corrected chi connectivity index (χ0v) is 8.85. The van der Waals surface area contributed by atoms with Crippen LogP contribution in [0.1, 0.15) is 18.1 Å². The van der Waals surface area contributed by atoms with Crippen molar-refractivity contribution < 1.29 is 9.53 Å². The summed E-state index contributed by atoms with van der Waals surface area (Å²) in [5.41, 5.74) is 1.08. The molecule has 3 nitrogen and oxygen atoms in total. The lowest BCUT2D eigenvalue weighted by atomic mass is 10.1. The molecular weight excluding hydrogens is 190 g/mol. The van der Waals surface area contributed by atoms with E-state index in [4.69, 9.17) is 4.74 Å². The van der Waals surface area contributed by atoms with Crippen LogP contribution in [0, 0.1) is 0 Å². The number of nitrogens with zero attached hydrogens (tertiary/aromatic N) is 1. The van der Waals surface area contributed by atoms with E-state index in [0.717, 1.165) is 5.56 Å². The average molecular weight is 205 g/mol. The number of likely N-dealkylation sites (N-methyl/N-ethyl adjacent to an activating group) is 1. The molecule has 0 saturated carbocycles. The number of hydrogen-bond acceptors (Lipinski definition) is 2. The highest BCUT2D eigenvalue weighted by Crippen LogP contribution is 2.23. The second-order valence-electron chi connectivity index (χ2n) is 3.79. The van der Waals surface area contributed by atoms with Gasteiger partial charge in [0.2, 0.25) is 5.91 Å². The molecule has 0 radical (unpaired) electrons. The summed E-state index contributed by atoms with van der Waals surface area (Å²) in [5, 5.41) is 0. The summed E-state index contributed by atoms with van der Waals surface area (Å²) in [5.74, 6) is 0.154. The molecule has 1 aromatic carbocycles. The summed E-state index contributed by atoms with van der Waals surface area (Å²) in [6.45, 7) is 1.30. The molecule has 1 heterocycles. The average Bonchev–Trinajstić information content (AvgIpc) is 2.43. The summed E-state index contributed by atoms with van der Waals surface area (Å²) < 4.78 is 5.67. The van der Waals surface area contributed by atoms with E-state index in [0.29, 0.717) is 19.6 Å². The van der Waals surface area contributed by atoms with Crippen LogP contribution in [0.25, 0.3) is 0 Å². The first kappa shape index (κ1) is 10.2. The summed E-state index contributed by atoms with van der Waals surface area (Å²) >= 11 is 0. The van der Waals surface area contributed by atoms with E-state index in [9.17, 15) is 4.79 Å². The SMILES string of the molecule is CN1CCOC(c2ccccc2)CC1=O. The molecule has 1 aliphatic heterocycles. The van der Waals surface area contributed by atoms with Crippen LogP contribution in [0.3, 0.4) is 0 Å². The second-order valence-corrected chi connectivity index (χ2v) is 3.79. The van der Waals surface area contributed by atoms with Crippen molar-refractivity contribution in [3.05, 3.63) is 35.9 Å². The van der Waals surface area contributed by atoms with Gasteiger partial charge in [-0.25, -0.2) is 0 Å². The number of carbonyl (C=O) groups excluding carboxylic acids is 1. The maximum atomic E-state index is 11.6. The molecule has 80 valence electrons. The fourth-order valence-corrected chi connectivity index (χ4v) is 1.71. The Labute approximate surface area is 89.7 Å². The minimum atomic E-state index is -0.0800. The summed E-state index contributed by atoms with van der Waals surface area (Å²) in [6, 6.07) is 9.91. The second kappa shape index (κ2) is 4.45. The Hall–Kier alpha value is -1.35. The van der Waals surface area contributed by atoms with Crippen LogP contribution in [0.5, 0.6) is 0 Å². The number of ether oxygens (including phenoxy) is 1. The van der Waals surface area contributed by atoms with Gasteiger partial charge in [-0.15, -0.1) is 0 Å². The largest absolute Gasteiger partial charge is 0.371 e. The van der Waals surface area contributed by atoms with E-state index in [1.165, 1.54) is 0 Å². The van der Waals surface area contributed by atoms with Gasteiger partial charge in [0.15, 0.2) is 0 Å². The van der Waals surface area contributed by atoms with E-state index in [2.05, 4.69) is 0 Å². The topological polar surface area (TPSA) is 29.5 Å². The first-order valence-electron chi connectivity index (χ1n) is 5.18. The lowest BCUT2D eigenvalue weighted by Crippen LogP contribution is -2.27. The van der Waals surface area contributed by atoms with Gasteiger partial charge in [-0.1, -0.05) is 30.3 Å². The van der Waals surface area contributed by atoms with E-state index in [1.54, 1.807) is 4.90 Å². The first-order valence-corrected chi connectivity index (χ1v) is 5.18. The lowest BCUT2D eigenvalue weighted by molar-refractivity contribution is -0.129. The van der Waals surface area contributed by atoms with Crippen molar-refractivity contribution in [2.75, 3.05) is 20.2 Å². The Morgan fingerprint density at radius 2 is 2.07 bits per heavy atom. The van der Waals surface area contributed by atoms with Crippen LogP contribution in [0.2, 0.25) is 0 Å². The van der Waals surface area contributed by atoms with Gasteiger partial charge in [-0.2, -0.15) is 0 Å².